The number of methoxy groups -OCH3 is 1. The monoisotopic (exact) mass is 272 g/mol. The fourth-order valence-electron chi connectivity index (χ4n) is 2.07. The molecule has 0 aromatic rings. The maximum absolute atomic E-state index is 11.7. The molecule has 19 heavy (non-hydrogen) atoms. The Labute approximate surface area is 116 Å². The number of likely N-dealkylation sites (N-methyl/N-ethyl adjacent to an activating group) is 1. The van der Waals surface area contributed by atoms with Crippen LogP contribution < -0.4 is 10.6 Å². The Morgan fingerprint density at radius 2 is 2.16 bits per heavy atom. The number of amides is 1. The molecule has 0 aliphatic carbocycles. The number of carbonyl (C=O) groups is 1. The molecule has 1 aliphatic heterocycles. The summed E-state index contributed by atoms with van der Waals surface area (Å²) >= 11 is 0. The molecule has 1 saturated heterocycles. The van der Waals surface area contributed by atoms with E-state index in [9.17, 15) is 4.79 Å². The molecule has 1 fully saturated rings. The zero-order chi connectivity index (χ0) is 13.9. The van der Waals surface area contributed by atoms with Crippen molar-refractivity contribution in [2.45, 2.75) is 6.42 Å². The van der Waals surface area contributed by atoms with Gasteiger partial charge in [-0.3, -0.25) is 14.6 Å². The molecular weight excluding hydrogens is 244 g/mol. The Balaban J connectivity index is 2.02. The highest BCUT2D eigenvalue weighted by molar-refractivity contribution is 5.77. The Kier molecular flexibility index (Phi) is 8.73. The van der Waals surface area contributed by atoms with Gasteiger partial charge in [0.25, 0.3) is 0 Å². The highest BCUT2D eigenvalue weighted by atomic mass is 16.5. The van der Waals surface area contributed by atoms with Crippen LogP contribution in [0.25, 0.3) is 0 Å². The van der Waals surface area contributed by atoms with E-state index in [1.165, 1.54) is 0 Å². The summed E-state index contributed by atoms with van der Waals surface area (Å²) in [5.74, 6) is 0.0962. The number of carbonyl (C=O) groups excluding carboxylic acids is 1. The maximum Gasteiger partial charge on any atom is 0.234 e. The summed E-state index contributed by atoms with van der Waals surface area (Å²) in [5, 5.41) is 6.24. The van der Waals surface area contributed by atoms with Crippen molar-refractivity contribution in [1.82, 2.24) is 20.4 Å². The van der Waals surface area contributed by atoms with E-state index in [0.717, 1.165) is 45.7 Å². The molecule has 1 rings (SSSR count). The SMILES string of the molecule is COCCCNC(=O)CN(C)CCN1CCNCC1. The van der Waals surface area contributed by atoms with E-state index >= 15 is 0 Å². The van der Waals surface area contributed by atoms with Gasteiger partial charge in [0.15, 0.2) is 0 Å². The highest BCUT2D eigenvalue weighted by Gasteiger charge is 2.11. The van der Waals surface area contributed by atoms with Crippen LogP contribution in [0.4, 0.5) is 0 Å². The van der Waals surface area contributed by atoms with Crippen molar-refractivity contribution < 1.29 is 9.53 Å². The lowest BCUT2D eigenvalue weighted by atomic mass is 10.3. The van der Waals surface area contributed by atoms with Crippen LogP contribution in [0.2, 0.25) is 0 Å². The van der Waals surface area contributed by atoms with Crippen LogP contribution >= 0.6 is 0 Å². The zero-order valence-corrected chi connectivity index (χ0v) is 12.3. The van der Waals surface area contributed by atoms with Gasteiger partial charge in [0.1, 0.15) is 0 Å². The molecule has 112 valence electrons. The normalized spacial score (nSPS) is 16.8. The van der Waals surface area contributed by atoms with Gasteiger partial charge in [-0.2, -0.15) is 0 Å². The Bertz CT molecular complexity index is 245. The van der Waals surface area contributed by atoms with E-state index in [1.807, 2.05) is 7.05 Å². The van der Waals surface area contributed by atoms with Crippen molar-refractivity contribution in [3.05, 3.63) is 0 Å². The molecule has 6 nitrogen and oxygen atoms in total. The quantitative estimate of drug-likeness (QED) is 0.526. The first-order valence-corrected chi connectivity index (χ1v) is 7.09. The summed E-state index contributed by atoms with van der Waals surface area (Å²) < 4.78 is 4.94. The first-order chi connectivity index (χ1) is 9.22. The van der Waals surface area contributed by atoms with Crippen LogP contribution in [-0.4, -0.2) is 88.8 Å². The number of piperazine rings is 1. The minimum absolute atomic E-state index is 0.0962. The Morgan fingerprint density at radius 3 is 2.84 bits per heavy atom. The minimum Gasteiger partial charge on any atom is -0.385 e. The van der Waals surface area contributed by atoms with Gasteiger partial charge in [0.2, 0.25) is 5.91 Å². The molecule has 0 atom stereocenters. The fraction of sp³-hybridized carbons (Fsp3) is 0.923. The van der Waals surface area contributed by atoms with E-state index in [1.54, 1.807) is 7.11 Å². The first-order valence-electron chi connectivity index (χ1n) is 7.09. The van der Waals surface area contributed by atoms with Crippen molar-refractivity contribution in [2.75, 3.05) is 73.1 Å². The third-order valence-corrected chi connectivity index (χ3v) is 3.27. The smallest absolute Gasteiger partial charge is 0.234 e. The van der Waals surface area contributed by atoms with E-state index in [0.29, 0.717) is 19.7 Å². The van der Waals surface area contributed by atoms with Gasteiger partial charge in [-0.25, -0.2) is 0 Å². The van der Waals surface area contributed by atoms with Crippen molar-refractivity contribution >= 4 is 5.91 Å². The number of hydrogen-bond acceptors (Lipinski definition) is 5. The topological polar surface area (TPSA) is 56.8 Å². The Hall–Kier alpha value is -0.690. The van der Waals surface area contributed by atoms with Crippen molar-refractivity contribution in [3.63, 3.8) is 0 Å². The molecule has 6 heteroatoms. The van der Waals surface area contributed by atoms with Gasteiger partial charge in [0.05, 0.1) is 6.54 Å². The largest absolute Gasteiger partial charge is 0.385 e. The zero-order valence-electron chi connectivity index (χ0n) is 12.3. The third kappa shape index (κ3) is 8.15. The summed E-state index contributed by atoms with van der Waals surface area (Å²) in [5.41, 5.74) is 0. The molecule has 1 amide bonds. The molecule has 1 heterocycles. The summed E-state index contributed by atoms with van der Waals surface area (Å²) in [6, 6.07) is 0. The predicted molar refractivity (Wildman–Crippen MR) is 76.3 cm³/mol. The summed E-state index contributed by atoms with van der Waals surface area (Å²) in [6.07, 6.45) is 0.868. The second-order valence-corrected chi connectivity index (χ2v) is 5.03. The van der Waals surface area contributed by atoms with Crippen LogP contribution in [0, 0.1) is 0 Å². The standard InChI is InChI=1S/C13H28N4O2/c1-16(9-10-17-7-5-14-6-8-17)12-13(18)15-4-3-11-19-2/h14H,3-12H2,1-2H3,(H,15,18). The maximum atomic E-state index is 11.7. The molecule has 2 N–H and O–H groups in total. The number of nitrogens with zero attached hydrogens (tertiary/aromatic N) is 2. The molecule has 0 aromatic carbocycles. The Morgan fingerprint density at radius 1 is 1.42 bits per heavy atom. The average Bonchev–Trinajstić information content (AvgIpc) is 2.42. The van der Waals surface area contributed by atoms with Crippen molar-refractivity contribution in [3.8, 4) is 0 Å². The van der Waals surface area contributed by atoms with E-state index in [2.05, 4.69) is 20.4 Å². The number of nitrogens with one attached hydrogen (secondary N) is 2. The van der Waals surface area contributed by atoms with E-state index in [-0.39, 0.29) is 5.91 Å². The molecule has 0 saturated carbocycles. The lowest BCUT2D eigenvalue weighted by Gasteiger charge is -2.28. The number of rotatable bonds is 9. The fourth-order valence-corrected chi connectivity index (χ4v) is 2.07. The van der Waals surface area contributed by atoms with Gasteiger partial charge in [0, 0.05) is 59.5 Å². The van der Waals surface area contributed by atoms with Crippen LogP contribution in [-0.2, 0) is 9.53 Å². The lowest BCUT2D eigenvalue weighted by Crippen LogP contribution is -2.46. The second-order valence-electron chi connectivity index (χ2n) is 5.03. The summed E-state index contributed by atoms with van der Waals surface area (Å²) in [6.45, 7) is 8.19. The highest BCUT2D eigenvalue weighted by Crippen LogP contribution is 1.93. The van der Waals surface area contributed by atoms with Gasteiger partial charge in [-0.1, -0.05) is 0 Å². The molecule has 0 unspecified atom stereocenters. The number of ether oxygens (including phenoxy) is 1. The van der Waals surface area contributed by atoms with Gasteiger partial charge < -0.3 is 15.4 Å². The molecule has 0 spiro atoms. The first kappa shape index (κ1) is 16.4. The minimum atomic E-state index is 0.0962. The summed E-state index contributed by atoms with van der Waals surface area (Å²) in [4.78, 5) is 16.2. The summed E-state index contributed by atoms with van der Waals surface area (Å²) in [7, 11) is 3.67. The molecule has 0 radical (unpaired) electrons. The van der Waals surface area contributed by atoms with Crippen LogP contribution in [0.5, 0.6) is 0 Å². The van der Waals surface area contributed by atoms with Crippen LogP contribution in [0.3, 0.4) is 0 Å². The molecule has 0 bridgehead atoms. The van der Waals surface area contributed by atoms with Crippen LogP contribution in [0.1, 0.15) is 6.42 Å². The molecule has 1 aliphatic rings. The van der Waals surface area contributed by atoms with Gasteiger partial charge in [-0.05, 0) is 13.5 Å². The van der Waals surface area contributed by atoms with Crippen molar-refractivity contribution in [1.29, 1.82) is 0 Å². The van der Waals surface area contributed by atoms with E-state index in [4.69, 9.17) is 4.74 Å². The molecule has 0 aromatic heterocycles. The third-order valence-electron chi connectivity index (χ3n) is 3.27. The lowest BCUT2D eigenvalue weighted by molar-refractivity contribution is -0.122. The van der Waals surface area contributed by atoms with Gasteiger partial charge >= 0.3 is 0 Å². The number of hydrogen-bond donors (Lipinski definition) is 2. The van der Waals surface area contributed by atoms with Crippen molar-refractivity contribution in [2.24, 2.45) is 0 Å². The van der Waals surface area contributed by atoms with E-state index < -0.39 is 0 Å². The van der Waals surface area contributed by atoms with Gasteiger partial charge in [-0.15, -0.1) is 0 Å². The second kappa shape index (κ2) is 10.1. The van der Waals surface area contributed by atoms with Crippen LogP contribution in [0.15, 0.2) is 0 Å². The predicted octanol–water partition coefficient (Wildman–Crippen LogP) is -1.02. The molecular formula is C13H28N4O2. The average molecular weight is 272 g/mol.